The fourth-order valence-electron chi connectivity index (χ4n) is 2.15. The normalized spacial score (nSPS) is 11.3. The highest BCUT2D eigenvalue weighted by atomic mass is 32.2. The lowest BCUT2D eigenvalue weighted by Gasteiger charge is -2.17. The average molecular weight is 397 g/mol. The zero-order chi connectivity index (χ0) is 20.0. The molecule has 144 valence electrons. The number of carbonyl (C=O) groups is 2. The van der Waals surface area contributed by atoms with Crippen molar-refractivity contribution < 1.29 is 31.5 Å². The molecule has 0 saturated heterocycles. The van der Waals surface area contributed by atoms with E-state index in [0.717, 1.165) is 29.8 Å². The van der Waals surface area contributed by atoms with E-state index in [1.807, 2.05) is 30.3 Å². The Hall–Kier alpha value is -2.81. The van der Waals surface area contributed by atoms with Crippen molar-refractivity contribution in [3.8, 4) is 0 Å². The van der Waals surface area contributed by atoms with Gasteiger partial charge in [0.2, 0.25) is 9.84 Å². The SMILES string of the molecule is CN(Cc1ccccc1)C(=O)COC(=O)c1ccc(S(=O)(=O)C(F)F)cc1. The third kappa shape index (κ3) is 5.33. The van der Waals surface area contributed by atoms with E-state index in [2.05, 4.69) is 0 Å². The summed E-state index contributed by atoms with van der Waals surface area (Å²) in [6, 6.07) is 13.1. The zero-order valence-electron chi connectivity index (χ0n) is 14.3. The highest BCUT2D eigenvalue weighted by molar-refractivity contribution is 7.91. The van der Waals surface area contributed by atoms with Crippen molar-refractivity contribution in [3.63, 3.8) is 0 Å². The Labute approximate surface area is 155 Å². The molecule has 0 radical (unpaired) electrons. The summed E-state index contributed by atoms with van der Waals surface area (Å²) < 4.78 is 52.5. The summed E-state index contributed by atoms with van der Waals surface area (Å²) >= 11 is 0. The number of esters is 1. The summed E-state index contributed by atoms with van der Waals surface area (Å²) in [5.41, 5.74) is 0.859. The maximum absolute atomic E-state index is 12.5. The lowest BCUT2D eigenvalue weighted by Crippen LogP contribution is -2.30. The number of halogens is 2. The van der Waals surface area contributed by atoms with Crippen LogP contribution in [0.25, 0.3) is 0 Å². The quantitative estimate of drug-likeness (QED) is 0.671. The summed E-state index contributed by atoms with van der Waals surface area (Å²) in [5.74, 6) is -4.84. The molecule has 0 saturated carbocycles. The number of nitrogens with zero attached hydrogens (tertiary/aromatic N) is 1. The molecule has 0 bridgehead atoms. The van der Waals surface area contributed by atoms with Crippen LogP contribution in [0.2, 0.25) is 0 Å². The Balaban J connectivity index is 1.92. The molecule has 6 nitrogen and oxygen atoms in total. The monoisotopic (exact) mass is 397 g/mol. The molecule has 0 atom stereocenters. The van der Waals surface area contributed by atoms with E-state index in [1.165, 1.54) is 4.90 Å². The largest absolute Gasteiger partial charge is 0.452 e. The van der Waals surface area contributed by atoms with Gasteiger partial charge in [-0.3, -0.25) is 4.79 Å². The predicted octanol–water partition coefficient (Wildman–Crippen LogP) is 2.50. The smallest absolute Gasteiger partial charge is 0.341 e. The second kappa shape index (κ2) is 8.72. The van der Waals surface area contributed by atoms with Gasteiger partial charge in [-0.15, -0.1) is 0 Å². The molecule has 9 heteroatoms. The lowest BCUT2D eigenvalue weighted by molar-refractivity contribution is -0.133. The third-order valence-electron chi connectivity index (χ3n) is 3.67. The number of alkyl halides is 2. The molecule has 2 rings (SSSR count). The van der Waals surface area contributed by atoms with Crippen LogP contribution in [0.1, 0.15) is 15.9 Å². The van der Waals surface area contributed by atoms with Gasteiger partial charge >= 0.3 is 11.7 Å². The van der Waals surface area contributed by atoms with Gasteiger partial charge in [-0.1, -0.05) is 30.3 Å². The number of ether oxygens (including phenoxy) is 1. The van der Waals surface area contributed by atoms with E-state index in [9.17, 15) is 26.8 Å². The third-order valence-corrected chi connectivity index (χ3v) is 5.07. The Morgan fingerprint density at radius 2 is 1.63 bits per heavy atom. The van der Waals surface area contributed by atoms with Crippen LogP contribution in [0.15, 0.2) is 59.5 Å². The Bertz CT molecular complexity index is 899. The van der Waals surface area contributed by atoms with Crippen LogP contribution < -0.4 is 0 Å². The first-order valence-electron chi connectivity index (χ1n) is 7.79. The van der Waals surface area contributed by atoms with Crippen molar-refractivity contribution in [2.45, 2.75) is 17.2 Å². The van der Waals surface area contributed by atoms with Gasteiger partial charge in [-0.05, 0) is 29.8 Å². The molecule has 0 spiro atoms. The number of likely N-dealkylation sites (N-methyl/N-ethyl adjacent to an activating group) is 1. The van der Waals surface area contributed by atoms with Crippen molar-refractivity contribution >= 4 is 21.7 Å². The van der Waals surface area contributed by atoms with Crippen LogP contribution >= 0.6 is 0 Å². The number of hydrogen-bond acceptors (Lipinski definition) is 5. The van der Waals surface area contributed by atoms with Crippen LogP contribution in [0, 0.1) is 0 Å². The number of sulfone groups is 1. The molecule has 0 unspecified atom stereocenters. The topological polar surface area (TPSA) is 80.8 Å². The first-order valence-corrected chi connectivity index (χ1v) is 9.33. The van der Waals surface area contributed by atoms with E-state index in [4.69, 9.17) is 4.74 Å². The van der Waals surface area contributed by atoms with Crippen molar-refractivity contribution in [1.29, 1.82) is 0 Å². The Morgan fingerprint density at radius 3 is 2.19 bits per heavy atom. The van der Waals surface area contributed by atoms with Gasteiger partial charge in [0.15, 0.2) is 6.61 Å². The zero-order valence-corrected chi connectivity index (χ0v) is 15.2. The molecule has 0 aliphatic carbocycles. The molecule has 27 heavy (non-hydrogen) atoms. The van der Waals surface area contributed by atoms with Crippen LogP contribution in [0.5, 0.6) is 0 Å². The van der Waals surface area contributed by atoms with E-state index in [1.54, 1.807) is 7.05 Å². The van der Waals surface area contributed by atoms with Crippen molar-refractivity contribution in [2.24, 2.45) is 0 Å². The number of benzene rings is 2. The molecule has 0 aliphatic heterocycles. The molecule has 0 aliphatic rings. The highest BCUT2D eigenvalue weighted by Gasteiger charge is 2.26. The van der Waals surface area contributed by atoms with Crippen molar-refractivity contribution in [3.05, 3.63) is 65.7 Å². The summed E-state index contributed by atoms with van der Waals surface area (Å²) in [4.78, 5) is 24.7. The lowest BCUT2D eigenvalue weighted by atomic mass is 10.2. The Kier molecular flexibility index (Phi) is 6.62. The van der Waals surface area contributed by atoms with Crippen LogP contribution in [0.3, 0.4) is 0 Å². The minimum Gasteiger partial charge on any atom is -0.452 e. The second-order valence-corrected chi connectivity index (χ2v) is 7.56. The van der Waals surface area contributed by atoms with Gasteiger partial charge in [-0.2, -0.15) is 8.78 Å². The number of hydrogen-bond donors (Lipinski definition) is 0. The van der Waals surface area contributed by atoms with Crippen molar-refractivity contribution in [2.75, 3.05) is 13.7 Å². The van der Waals surface area contributed by atoms with Gasteiger partial charge in [0.05, 0.1) is 10.5 Å². The minimum atomic E-state index is -4.73. The minimum absolute atomic E-state index is 0.0540. The second-order valence-electron chi connectivity index (χ2n) is 5.64. The molecular formula is C18H17F2NO5S. The van der Waals surface area contributed by atoms with Crippen LogP contribution in [-0.2, 0) is 25.9 Å². The summed E-state index contributed by atoms with van der Waals surface area (Å²) in [6.45, 7) is -0.156. The summed E-state index contributed by atoms with van der Waals surface area (Å²) in [5, 5.41) is 0. The fraction of sp³-hybridized carbons (Fsp3) is 0.222. The summed E-state index contributed by atoms with van der Waals surface area (Å²) in [6.07, 6.45) is 0. The first kappa shape index (κ1) is 20.5. The number of amides is 1. The molecule has 2 aromatic carbocycles. The van der Waals surface area contributed by atoms with Gasteiger partial charge in [-0.25, -0.2) is 13.2 Å². The van der Waals surface area contributed by atoms with E-state index in [0.29, 0.717) is 6.54 Å². The van der Waals surface area contributed by atoms with Gasteiger partial charge in [0, 0.05) is 13.6 Å². The fourth-order valence-corrected chi connectivity index (χ4v) is 2.87. The predicted molar refractivity (Wildman–Crippen MR) is 92.8 cm³/mol. The van der Waals surface area contributed by atoms with Gasteiger partial charge < -0.3 is 9.64 Å². The Morgan fingerprint density at radius 1 is 1.04 bits per heavy atom. The molecular weight excluding hydrogens is 380 g/mol. The van der Waals surface area contributed by atoms with E-state index in [-0.39, 0.29) is 5.56 Å². The number of rotatable bonds is 7. The van der Waals surface area contributed by atoms with E-state index < -0.39 is 39.0 Å². The maximum Gasteiger partial charge on any atom is 0.341 e. The summed E-state index contributed by atoms with van der Waals surface area (Å²) in [7, 11) is -3.17. The standard InChI is InChI=1S/C18H17F2NO5S/c1-21(11-13-5-3-2-4-6-13)16(22)12-26-17(23)14-7-9-15(10-8-14)27(24,25)18(19)20/h2-10,18H,11-12H2,1H3. The molecule has 0 fully saturated rings. The van der Waals surface area contributed by atoms with Gasteiger partial charge in [0.25, 0.3) is 5.91 Å². The molecule has 0 heterocycles. The molecule has 0 N–H and O–H groups in total. The van der Waals surface area contributed by atoms with Crippen LogP contribution in [-0.4, -0.2) is 44.6 Å². The molecule has 2 aromatic rings. The van der Waals surface area contributed by atoms with Crippen LogP contribution in [0.4, 0.5) is 8.78 Å². The first-order chi connectivity index (χ1) is 12.7. The van der Waals surface area contributed by atoms with Crippen molar-refractivity contribution in [1.82, 2.24) is 4.90 Å². The highest BCUT2D eigenvalue weighted by Crippen LogP contribution is 2.19. The van der Waals surface area contributed by atoms with E-state index >= 15 is 0 Å². The van der Waals surface area contributed by atoms with Gasteiger partial charge in [0.1, 0.15) is 0 Å². The number of carbonyl (C=O) groups excluding carboxylic acids is 2. The average Bonchev–Trinajstić information content (AvgIpc) is 2.66. The maximum atomic E-state index is 12.5. The molecule has 0 aromatic heterocycles. The molecule has 1 amide bonds.